The topological polar surface area (TPSA) is 181 Å². The van der Waals surface area contributed by atoms with Crippen molar-refractivity contribution in [1.29, 1.82) is 0 Å². The minimum Gasteiger partial charge on any atom is -0.496 e. The van der Waals surface area contributed by atoms with Crippen LogP contribution in [0.5, 0.6) is 5.75 Å². The van der Waals surface area contributed by atoms with Crippen LogP contribution >= 0.6 is 0 Å². The van der Waals surface area contributed by atoms with E-state index in [-0.39, 0.29) is 34.4 Å². The van der Waals surface area contributed by atoms with E-state index in [1.54, 1.807) is 120 Å². The Morgan fingerprint density at radius 3 is 1.86 bits per heavy atom. The maximum absolute atomic E-state index is 13.7. The number of hydrogen-bond acceptors (Lipinski definition) is 13. The van der Waals surface area contributed by atoms with Gasteiger partial charge in [0.2, 0.25) is 0 Å². The van der Waals surface area contributed by atoms with Gasteiger partial charge in [0.25, 0.3) is 0 Å². The summed E-state index contributed by atoms with van der Waals surface area (Å²) in [7, 11) is -0.424. The highest BCUT2D eigenvalue weighted by atomic mass is 32.2. The SMILES string of the molecule is COc1cc(CN(C)C(=O)OC(C)(C)C)ccc1-c1cc(-c2nc(-c3ccc(S(=O)(=O)C(C)C)cc3)cnc2N(C(=O)OC(C)(C)C)C(=O)OC(C)(C)C)on1. The fourth-order valence-corrected chi connectivity index (χ4v) is 6.10. The molecule has 4 rings (SSSR count). The van der Waals surface area contributed by atoms with E-state index in [0.29, 0.717) is 27.5 Å². The second-order valence-electron chi connectivity index (χ2n) is 16.3. The number of carbonyl (C=O) groups excluding carboxylic acids is 3. The van der Waals surface area contributed by atoms with E-state index in [1.807, 2.05) is 0 Å². The summed E-state index contributed by atoms with van der Waals surface area (Å²) in [5.74, 6) is 0.156. The van der Waals surface area contributed by atoms with Gasteiger partial charge in [0.15, 0.2) is 27.1 Å². The number of sulfone groups is 1. The van der Waals surface area contributed by atoms with E-state index < -0.39 is 50.2 Å². The average Bonchev–Trinajstić information content (AvgIpc) is 3.56. The molecule has 2 heterocycles. The van der Waals surface area contributed by atoms with Crippen LogP contribution in [-0.4, -0.2) is 82.9 Å². The van der Waals surface area contributed by atoms with Crippen LogP contribution in [0.1, 0.15) is 81.7 Å². The molecule has 0 saturated carbocycles. The molecule has 2 aromatic heterocycles. The molecule has 3 amide bonds. The molecular weight excluding hydrogens is 743 g/mol. The van der Waals surface area contributed by atoms with Crippen molar-refractivity contribution in [3.8, 4) is 39.7 Å². The summed E-state index contributed by atoms with van der Waals surface area (Å²) >= 11 is 0. The van der Waals surface area contributed by atoms with Crippen molar-refractivity contribution >= 4 is 33.9 Å². The largest absolute Gasteiger partial charge is 0.496 e. The third-order valence-corrected chi connectivity index (χ3v) is 9.80. The van der Waals surface area contributed by atoms with E-state index in [1.165, 1.54) is 30.3 Å². The van der Waals surface area contributed by atoms with Crippen LogP contribution in [0.4, 0.5) is 20.2 Å². The Hall–Kier alpha value is -5.51. The van der Waals surface area contributed by atoms with Crippen molar-refractivity contribution in [2.75, 3.05) is 19.1 Å². The van der Waals surface area contributed by atoms with Gasteiger partial charge in [-0.3, -0.25) is 0 Å². The normalized spacial score (nSPS) is 12.2. The highest BCUT2D eigenvalue weighted by Gasteiger charge is 2.37. The molecular formula is C40H51N5O10S. The minimum atomic E-state index is -3.54. The molecule has 0 aliphatic heterocycles. The second kappa shape index (κ2) is 16.3. The predicted octanol–water partition coefficient (Wildman–Crippen LogP) is 8.70. The van der Waals surface area contributed by atoms with Crippen LogP contribution in [0.3, 0.4) is 0 Å². The van der Waals surface area contributed by atoms with E-state index >= 15 is 0 Å². The third kappa shape index (κ3) is 10.8. The zero-order chi connectivity index (χ0) is 42.0. The smallest absolute Gasteiger partial charge is 0.425 e. The van der Waals surface area contributed by atoms with Crippen LogP contribution in [0.15, 0.2) is 64.1 Å². The Kier molecular flexibility index (Phi) is 12.6. The molecule has 0 atom stereocenters. The van der Waals surface area contributed by atoms with Gasteiger partial charge in [0, 0.05) is 30.8 Å². The van der Waals surface area contributed by atoms with Crippen molar-refractivity contribution in [2.45, 2.75) is 110 Å². The summed E-state index contributed by atoms with van der Waals surface area (Å²) < 4.78 is 53.8. The van der Waals surface area contributed by atoms with E-state index in [0.717, 1.165) is 5.56 Å². The van der Waals surface area contributed by atoms with Gasteiger partial charge in [-0.2, -0.15) is 4.90 Å². The van der Waals surface area contributed by atoms with Crippen LogP contribution in [-0.2, 0) is 30.6 Å². The minimum absolute atomic E-state index is 0.0104. The summed E-state index contributed by atoms with van der Waals surface area (Å²) in [4.78, 5) is 51.5. The molecule has 56 heavy (non-hydrogen) atoms. The Morgan fingerprint density at radius 1 is 0.786 bits per heavy atom. The molecule has 302 valence electrons. The number of imide groups is 1. The Balaban J connectivity index is 1.85. The average molecular weight is 794 g/mol. The Morgan fingerprint density at radius 2 is 1.34 bits per heavy atom. The zero-order valence-electron chi connectivity index (χ0n) is 34.2. The first-order valence-corrected chi connectivity index (χ1v) is 19.4. The molecule has 15 nitrogen and oxygen atoms in total. The molecule has 0 bridgehead atoms. The number of benzene rings is 2. The van der Waals surface area contributed by atoms with Gasteiger partial charge in [-0.25, -0.2) is 32.8 Å². The van der Waals surface area contributed by atoms with E-state index in [4.69, 9.17) is 28.5 Å². The van der Waals surface area contributed by atoms with Gasteiger partial charge < -0.3 is 28.4 Å². The fraction of sp³-hybridized carbons (Fsp3) is 0.450. The van der Waals surface area contributed by atoms with E-state index in [9.17, 15) is 22.8 Å². The fourth-order valence-electron chi connectivity index (χ4n) is 5.04. The summed E-state index contributed by atoms with van der Waals surface area (Å²) in [6.07, 6.45) is -1.30. The van der Waals surface area contributed by atoms with Crippen LogP contribution < -0.4 is 9.64 Å². The summed E-state index contributed by atoms with van der Waals surface area (Å²) in [5, 5.41) is 3.65. The second-order valence-corrected chi connectivity index (χ2v) is 18.8. The Bertz CT molecular complexity index is 2150. The van der Waals surface area contributed by atoms with Crippen LogP contribution in [0.25, 0.3) is 34.0 Å². The van der Waals surface area contributed by atoms with Gasteiger partial charge in [-0.15, -0.1) is 0 Å². The van der Waals surface area contributed by atoms with Crippen LogP contribution in [0.2, 0.25) is 0 Å². The van der Waals surface area contributed by atoms with Crippen LogP contribution in [0, 0.1) is 0 Å². The lowest BCUT2D eigenvalue weighted by atomic mass is 10.1. The quantitative estimate of drug-likeness (QED) is 0.147. The number of rotatable bonds is 9. The molecule has 0 N–H and O–H groups in total. The van der Waals surface area contributed by atoms with Gasteiger partial charge in [0.05, 0.1) is 29.1 Å². The molecule has 0 radical (unpaired) electrons. The predicted molar refractivity (Wildman–Crippen MR) is 210 cm³/mol. The van der Waals surface area contributed by atoms with Crippen molar-refractivity contribution in [3.63, 3.8) is 0 Å². The summed E-state index contributed by atoms with van der Waals surface area (Å²) in [5.41, 5.74) is -0.408. The van der Waals surface area contributed by atoms with Gasteiger partial charge in [0.1, 0.15) is 28.2 Å². The molecule has 0 fully saturated rings. The molecule has 4 aromatic rings. The molecule has 0 saturated heterocycles. The standard InChI is InChI=1S/C40H51N5O10S/c1-24(2)56(49,50)27-17-15-26(16-18-27)30-22-41-34(45(36(47)53-39(6,7)8)37(48)54-40(9,10)11)33(42-30)32-21-29(43-55-32)28-19-14-25(20-31(28)51-13)23-44(12)35(46)52-38(3,4)5/h14-22,24H,23H2,1-13H3. The molecule has 2 aromatic carbocycles. The first kappa shape index (κ1) is 43.2. The van der Waals surface area contributed by atoms with Crippen molar-refractivity contribution in [1.82, 2.24) is 20.0 Å². The first-order valence-electron chi connectivity index (χ1n) is 17.9. The van der Waals surface area contributed by atoms with Crippen molar-refractivity contribution in [2.24, 2.45) is 0 Å². The summed E-state index contributed by atoms with van der Waals surface area (Å²) in [6.45, 7) is 18.7. The maximum atomic E-state index is 13.7. The highest BCUT2D eigenvalue weighted by molar-refractivity contribution is 7.92. The van der Waals surface area contributed by atoms with Gasteiger partial charge >= 0.3 is 18.3 Å². The lowest BCUT2D eigenvalue weighted by Crippen LogP contribution is -2.44. The van der Waals surface area contributed by atoms with Gasteiger partial charge in [-0.05, 0) is 106 Å². The number of anilines is 1. The number of amides is 3. The maximum Gasteiger partial charge on any atom is 0.425 e. The lowest BCUT2D eigenvalue weighted by molar-refractivity contribution is 0.0283. The van der Waals surface area contributed by atoms with Crippen molar-refractivity contribution < 1.29 is 46.3 Å². The number of nitrogens with zero attached hydrogens (tertiary/aromatic N) is 5. The molecule has 16 heteroatoms. The third-order valence-electron chi connectivity index (χ3n) is 7.63. The first-order chi connectivity index (χ1) is 25.8. The number of hydrogen-bond donors (Lipinski definition) is 0. The van der Waals surface area contributed by atoms with Crippen molar-refractivity contribution in [3.05, 3.63) is 60.3 Å². The Labute approximate surface area is 328 Å². The molecule has 0 unspecified atom stereocenters. The lowest BCUT2D eigenvalue weighted by Gasteiger charge is -2.28. The van der Waals surface area contributed by atoms with E-state index in [2.05, 4.69) is 10.1 Å². The molecule has 0 aliphatic rings. The molecule has 0 spiro atoms. The number of carbonyl (C=O) groups is 3. The molecule has 0 aliphatic carbocycles. The number of ether oxygens (including phenoxy) is 4. The summed E-state index contributed by atoms with van der Waals surface area (Å²) in [6, 6.07) is 13.0. The number of methoxy groups -OCH3 is 1. The highest BCUT2D eigenvalue weighted by Crippen LogP contribution is 2.37. The number of aromatic nitrogens is 3. The zero-order valence-corrected chi connectivity index (χ0v) is 35.0. The monoisotopic (exact) mass is 793 g/mol. The van der Waals surface area contributed by atoms with Gasteiger partial charge in [-0.1, -0.05) is 23.4 Å².